The number of para-hydroxylation sites is 1. The lowest BCUT2D eigenvalue weighted by atomic mass is 10.2. The monoisotopic (exact) mass is 324 g/mol. The van der Waals surface area contributed by atoms with E-state index in [1.807, 2.05) is 42.8 Å². The van der Waals surface area contributed by atoms with E-state index in [2.05, 4.69) is 15.1 Å². The third-order valence-electron chi connectivity index (χ3n) is 3.67. The third-order valence-corrected chi connectivity index (χ3v) is 4.78. The van der Waals surface area contributed by atoms with Crippen LogP contribution in [0.1, 0.15) is 16.1 Å². The second kappa shape index (κ2) is 5.13. The summed E-state index contributed by atoms with van der Waals surface area (Å²) in [5.41, 5.74) is 2.59. The molecule has 4 rings (SSSR count). The summed E-state index contributed by atoms with van der Waals surface area (Å²) in [6.07, 6.45) is 1.46. The topological polar surface area (TPSA) is 73.3 Å². The van der Waals surface area contributed by atoms with Gasteiger partial charge in [0.25, 0.3) is 11.6 Å². The molecule has 0 saturated carbocycles. The first kappa shape index (κ1) is 13.8. The first-order valence-electron chi connectivity index (χ1n) is 6.99. The Hall–Kier alpha value is -2.80. The zero-order chi connectivity index (χ0) is 16.0. The molecule has 1 aromatic carbocycles. The van der Waals surface area contributed by atoms with Crippen molar-refractivity contribution in [2.75, 3.05) is 0 Å². The van der Waals surface area contributed by atoms with E-state index in [0.29, 0.717) is 21.8 Å². The summed E-state index contributed by atoms with van der Waals surface area (Å²) >= 11 is 1.48. The molecular weight excluding hydrogens is 312 g/mol. The van der Waals surface area contributed by atoms with Gasteiger partial charge in [0.05, 0.1) is 26.9 Å². The lowest BCUT2D eigenvalue weighted by Gasteiger charge is -1.96. The highest BCUT2D eigenvalue weighted by atomic mass is 32.1. The molecular formula is C16H12N4O2S. The van der Waals surface area contributed by atoms with Crippen LogP contribution in [0.2, 0.25) is 0 Å². The van der Waals surface area contributed by atoms with Crippen molar-refractivity contribution < 1.29 is 9.32 Å². The standard InChI is InChI=1S/C16H12N4O2S/c1-9-11-7-10(8-17-15(11)22-19-9)14(21)18-16-20(2)12-5-3-4-6-13(12)23-16/h3-8H,1-2H3. The minimum absolute atomic E-state index is 0.331. The highest BCUT2D eigenvalue weighted by molar-refractivity contribution is 7.16. The number of fused-ring (bicyclic) bond motifs is 2. The maximum Gasteiger partial charge on any atom is 0.281 e. The van der Waals surface area contributed by atoms with Gasteiger partial charge in [-0.05, 0) is 25.1 Å². The number of aryl methyl sites for hydroxylation is 2. The summed E-state index contributed by atoms with van der Waals surface area (Å²) in [5.74, 6) is -0.331. The molecule has 3 heterocycles. The lowest BCUT2D eigenvalue weighted by Crippen LogP contribution is -2.13. The quantitative estimate of drug-likeness (QED) is 0.540. The van der Waals surface area contributed by atoms with Crippen LogP contribution >= 0.6 is 11.3 Å². The van der Waals surface area contributed by atoms with Crippen LogP contribution in [-0.2, 0) is 7.05 Å². The Kier molecular flexibility index (Phi) is 3.09. The molecule has 0 aliphatic heterocycles. The fourth-order valence-corrected chi connectivity index (χ4v) is 3.42. The minimum atomic E-state index is -0.331. The zero-order valence-electron chi connectivity index (χ0n) is 12.5. The van der Waals surface area contributed by atoms with Gasteiger partial charge in [0.2, 0.25) is 0 Å². The summed E-state index contributed by atoms with van der Waals surface area (Å²) in [7, 11) is 1.90. The van der Waals surface area contributed by atoms with Gasteiger partial charge in [-0.2, -0.15) is 4.99 Å². The second-order valence-electron chi connectivity index (χ2n) is 5.17. The molecule has 0 spiro atoms. The van der Waals surface area contributed by atoms with Gasteiger partial charge in [0.1, 0.15) is 0 Å². The number of aromatic nitrogens is 3. The summed E-state index contributed by atoms with van der Waals surface area (Å²) in [6.45, 7) is 1.81. The zero-order valence-corrected chi connectivity index (χ0v) is 13.3. The van der Waals surface area contributed by atoms with E-state index in [0.717, 1.165) is 15.6 Å². The highest BCUT2D eigenvalue weighted by Crippen LogP contribution is 2.18. The Morgan fingerprint density at radius 2 is 2.17 bits per heavy atom. The van der Waals surface area contributed by atoms with Crippen molar-refractivity contribution in [2.24, 2.45) is 12.0 Å². The number of amides is 1. The predicted molar refractivity (Wildman–Crippen MR) is 87.2 cm³/mol. The molecule has 114 valence electrons. The Morgan fingerprint density at radius 3 is 3.00 bits per heavy atom. The highest BCUT2D eigenvalue weighted by Gasteiger charge is 2.12. The Morgan fingerprint density at radius 1 is 1.35 bits per heavy atom. The minimum Gasteiger partial charge on any atom is -0.336 e. The van der Waals surface area contributed by atoms with Crippen LogP contribution in [0.4, 0.5) is 0 Å². The van der Waals surface area contributed by atoms with E-state index in [1.54, 1.807) is 6.07 Å². The summed E-state index contributed by atoms with van der Waals surface area (Å²) < 4.78 is 8.05. The predicted octanol–water partition coefficient (Wildman–Crippen LogP) is 2.83. The van der Waals surface area contributed by atoms with Crippen molar-refractivity contribution in [1.29, 1.82) is 0 Å². The SMILES string of the molecule is Cc1noc2ncc(C(=O)N=c3sc4ccccc4n3C)cc12. The van der Waals surface area contributed by atoms with E-state index in [1.165, 1.54) is 17.5 Å². The molecule has 7 heteroatoms. The van der Waals surface area contributed by atoms with Gasteiger partial charge in [-0.3, -0.25) is 4.79 Å². The van der Waals surface area contributed by atoms with E-state index in [-0.39, 0.29) is 5.91 Å². The summed E-state index contributed by atoms with van der Waals surface area (Å²) in [4.78, 5) is 21.5. The molecule has 0 unspecified atom stereocenters. The van der Waals surface area contributed by atoms with E-state index < -0.39 is 0 Å². The number of thiazole rings is 1. The van der Waals surface area contributed by atoms with Gasteiger partial charge < -0.3 is 9.09 Å². The van der Waals surface area contributed by atoms with Crippen LogP contribution in [0.5, 0.6) is 0 Å². The molecule has 23 heavy (non-hydrogen) atoms. The smallest absolute Gasteiger partial charge is 0.281 e. The fourth-order valence-electron chi connectivity index (χ4n) is 2.40. The summed E-state index contributed by atoms with van der Waals surface area (Å²) in [5, 5.41) is 4.57. The number of hydrogen-bond acceptors (Lipinski definition) is 5. The van der Waals surface area contributed by atoms with E-state index >= 15 is 0 Å². The fraction of sp³-hybridized carbons (Fsp3) is 0.125. The third kappa shape index (κ3) is 2.25. The van der Waals surface area contributed by atoms with Crippen LogP contribution in [-0.4, -0.2) is 20.6 Å². The molecule has 3 aromatic heterocycles. The second-order valence-corrected chi connectivity index (χ2v) is 6.18. The van der Waals surface area contributed by atoms with Gasteiger partial charge in [0, 0.05) is 13.2 Å². The Balaban J connectivity index is 1.83. The molecule has 0 radical (unpaired) electrons. The van der Waals surface area contributed by atoms with Gasteiger partial charge in [-0.15, -0.1) is 0 Å². The van der Waals surface area contributed by atoms with E-state index in [9.17, 15) is 4.79 Å². The maximum absolute atomic E-state index is 12.5. The molecule has 0 N–H and O–H groups in total. The number of carbonyl (C=O) groups excluding carboxylic acids is 1. The van der Waals surface area contributed by atoms with Crippen molar-refractivity contribution in [2.45, 2.75) is 6.92 Å². The van der Waals surface area contributed by atoms with Crippen molar-refractivity contribution in [1.82, 2.24) is 14.7 Å². The molecule has 1 amide bonds. The number of hydrogen-bond donors (Lipinski definition) is 0. The Bertz CT molecular complexity index is 1120. The number of nitrogens with zero attached hydrogens (tertiary/aromatic N) is 4. The first-order valence-corrected chi connectivity index (χ1v) is 7.81. The average molecular weight is 324 g/mol. The number of pyridine rings is 1. The molecule has 0 fully saturated rings. The number of benzene rings is 1. The maximum atomic E-state index is 12.5. The number of rotatable bonds is 1. The van der Waals surface area contributed by atoms with Crippen molar-refractivity contribution in [3.8, 4) is 0 Å². The van der Waals surface area contributed by atoms with Crippen LogP contribution in [0, 0.1) is 6.92 Å². The molecule has 0 saturated heterocycles. The molecule has 0 bridgehead atoms. The molecule has 0 aliphatic carbocycles. The average Bonchev–Trinajstić information content (AvgIpc) is 3.09. The first-order chi connectivity index (χ1) is 11.1. The lowest BCUT2D eigenvalue weighted by molar-refractivity contribution is 0.0998. The van der Waals surface area contributed by atoms with Crippen LogP contribution < -0.4 is 4.80 Å². The molecule has 6 nitrogen and oxygen atoms in total. The van der Waals surface area contributed by atoms with E-state index in [4.69, 9.17) is 4.52 Å². The van der Waals surface area contributed by atoms with Crippen molar-refractivity contribution in [3.63, 3.8) is 0 Å². The van der Waals surface area contributed by atoms with Crippen LogP contribution in [0.15, 0.2) is 46.0 Å². The van der Waals surface area contributed by atoms with Crippen LogP contribution in [0.3, 0.4) is 0 Å². The van der Waals surface area contributed by atoms with Gasteiger partial charge in [0.15, 0.2) is 4.80 Å². The normalized spacial score (nSPS) is 12.3. The number of carbonyl (C=O) groups is 1. The van der Waals surface area contributed by atoms with Gasteiger partial charge >= 0.3 is 0 Å². The molecule has 4 aromatic rings. The van der Waals surface area contributed by atoms with Crippen molar-refractivity contribution >= 4 is 38.6 Å². The summed E-state index contributed by atoms with van der Waals surface area (Å²) in [6, 6.07) is 9.67. The molecule has 0 aliphatic rings. The van der Waals surface area contributed by atoms with Gasteiger partial charge in [-0.1, -0.05) is 28.6 Å². The molecule has 0 atom stereocenters. The van der Waals surface area contributed by atoms with Gasteiger partial charge in [-0.25, -0.2) is 4.98 Å². The van der Waals surface area contributed by atoms with Crippen molar-refractivity contribution in [3.05, 3.63) is 52.6 Å². The van der Waals surface area contributed by atoms with Crippen LogP contribution in [0.25, 0.3) is 21.3 Å². The Labute approximate surface area is 134 Å². The largest absolute Gasteiger partial charge is 0.336 e.